The lowest BCUT2D eigenvalue weighted by Gasteiger charge is -2.35. The predicted molar refractivity (Wildman–Crippen MR) is 82.4 cm³/mol. The Morgan fingerprint density at radius 1 is 1.50 bits per heavy atom. The van der Waals surface area contributed by atoms with Crippen molar-refractivity contribution in [2.75, 3.05) is 12.3 Å². The lowest BCUT2D eigenvalue weighted by atomic mass is 10.2. The highest BCUT2D eigenvalue weighted by molar-refractivity contribution is 8.07. The van der Waals surface area contributed by atoms with Gasteiger partial charge in [0, 0.05) is 40.9 Å². The summed E-state index contributed by atoms with van der Waals surface area (Å²) >= 11 is 4.21. The molecule has 4 atom stereocenters. The quantitative estimate of drug-likeness (QED) is 0.921. The molecule has 0 bridgehead atoms. The van der Waals surface area contributed by atoms with Gasteiger partial charge in [-0.1, -0.05) is 20.8 Å². The maximum atomic E-state index is 4.53. The monoisotopic (exact) mass is 285 g/mol. The van der Waals surface area contributed by atoms with Gasteiger partial charge in [-0.2, -0.15) is 23.5 Å². The first-order valence-corrected chi connectivity index (χ1v) is 8.60. The van der Waals surface area contributed by atoms with Gasteiger partial charge in [0.2, 0.25) is 0 Å². The van der Waals surface area contributed by atoms with E-state index < -0.39 is 0 Å². The van der Waals surface area contributed by atoms with Gasteiger partial charge < -0.3 is 9.88 Å². The number of nitrogens with zero attached hydrogens (tertiary/aromatic N) is 2. The van der Waals surface area contributed by atoms with E-state index in [1.54, 1.807) is 0 Å². The first-order chi connectivity index (χ1) is 8.63. The second-order valence-corrected chi connectivity index (χ2v) is 7.88. The second-order valence-electron chi connectivity index (χ2n) is 4.85. The Morgan fingerprint density at radius 2 is 2.28 bits per heavy atom. The number of aromatic nitrogens is 2. The zero-order chi connectivity index (χ0) is 13.1. The number of rotatable bonds is 4. The summed E-state index contributed by atoms with van der Waals surface area (Å²) in [4.78, 5) is 4.53. The molecular weight excluding hydrogens is 262 g/mol. The van der Waals surface area contributed by atoms with E-state index >= 15 is 0 Å². The van der Waals surface area contributed by atoms with Crippen molar-refractivity contribution in [1.82, 2.24) is 14.9 Å². The van der Waals surface area contributed by atoms with Crippen LogP contribution in [0.3, 0.4) is 0 Å². The lowest BCUT2D eigenvalue weighted by molar-refractivity contribution is 0.505. The van der Waals surface area contributed by atoms with Crippen LogP contribution >= 0.6 is 23.5 Å². The van der Waals surface area contributed by atoms with Gasteiger partial charge in [-0.05, 0) is 6.54 Å². The van der Waals surface area contributed by atoms with Crippen LogP contribution in [0.25, 0.3) is 0 Å². The van der Waals surface area contributed by atoms with E-state index in [9.17, 15) is 0 Å². The van der Waals surface area contributed by atoms with Gasteiger partial charge in [-0.3, -0.25) is 0 Å². The summed E-state index contributed by atoms with van der Waals surface area (Å²) in [6.07, 6.45) is 3.93. The summed E-state index contributed by atoms with van der Waals surface area (Å²) in [6, 6.07) is 0.363. The maximum Gasteiger partial charge on any atom is 0.126 e. The van der Waals surface area contributed by atoms with Crippen LogP contribution in [-0.4, -0.2) is 37.6 Å². The molecule has 2 rings (SSSR count). The van der Waals surface area contributed by atoms with Crippen molar-refractivity contribution < 1.29 is 0 Å². The van der Waals surface area contributed by atoms with Gasteiger partial charge in [0.15, 0.2) is 0 Å². The number of nitrogens with one attached hydrogen (secondary N) is 1. The molecule has 0 saturated carbocycles. The molecule has 0 spiro atoms. The number of hydrogen-bond donors (Lipinski definition) is 1. The molecule has 18 heavy (non-hydrogen) atoms. The Morgan fingerprint density at radius 3 is 2.83 bits per heavy atom. The van der Waals surface area contributed by atoms with Crippen LogP contribution in [0.2, 0.25) is 0 Å². The van der Waals surface area contributed by atoms with E-state index in [4.69, 9.17) is 0 Å². The Hall–Kier alpha value is -0.130. The highest BCUT2D eigenvalue weighted by atomic mass is 32.2. The van der Waals surface area contributed by atoms with Crippen LogP contribution in [0, 0.1) is 0 Å². The number of hydrogen-bond acceptors (Lipinski definition) is 4. The predicted octanol–water partition coefficient (Wildman–Crippen LogP) is 2.70. The molecule has 0 radical (unpaired) electrons. The summed E-state index contributed by atoms with van der Waals surface area (Å²) in [5.41, 5.74) is 0. The zero-order valence-corrected chi connectivity index (χ0v) is 13.2. The lowest BCUT2D eigenvalue weighted by Crippen LogP contribution is -2.38. The summed E-state index contributed by atoms with van der Waals surface area (Å²) in [5.74, 6) is 2.37. The Balaban J connectivity index is 2.13. The fourth-order valence-corrected chi connectivity index (χ4v) is 5.35. The van der Waals surface area contributed by atoms with Crippen LogP contribution in [0.15, 0.2) is 12.4 Å². The fraction of sp³-hybridized carbons (Fsp3) is 0.769. The first-order valence-electron chi connectivity index (χ1n) is 6.61. The molecule has 5 heteroatoms. The van der Waals surface area contributed by atoms with Crippen molar-refractivity contribution in [2.45, 2.75) is 42.6 Å². The Labute approximate surface area is 119 Å². The third-order valence-corrected chi connectivity index (χ3v) is 7.00. The third-order valence-electron chi connectivity index (χ3n) is 3.51. The SMILES string of the molecule is CCNC(c1nccn1C)C1CSC(C)C(C)S1. The molecule has 0 amide bonds. The van der Waals surface area contributed by atoms with E-state index in [1.165, 1.54) is 5.75 Å². The molecule has 4 unspecified atom stereocenters. The second kappa shape index (κ2) is 6.35. The first kappa shape index (κ1) is 14.3. The molecular formula is C13H23N3S2. The van der Waals surface area contributed by atoms with Crippen molar-refractivity contribution in [1.29, 1.82) is 0 Å². The minimum absolute atomic E-state index is 0.363. The summed E-state index contributed by atoms with van der Waals surface area (Å²) < 4.78 is 2.14. The summed E-state index contributed by atoms with van der Waals surface area (Å²) in [7, 11) is 2.08. The molecule has 1 N–H and O–H groups in total. The van der Waals surface area contributed by atoms with Gasteiger partial charge in [0.25, 0.3) is 0 Å². The average molecular weight is 285 g/mol. The largest absolute Gasteiger partial charge is 0.337 e. The van der Waals surface area contributed by atoms with E-state index in [2.05, 4.69) is 66.2 Å². The van der Waals surface area contributed by atoms with Crippen LogP contribution in [0.4, 0.5) is 0 Å². The van der Waals surface area contributed by atoms with Crippen molar-refractivity contribution in [2.24, 2.45) is 7.05 Å². The van der Waals surface area contributed by atoms with Crippen molar-refractivity contribution in [3.05, 3.63) is 18.2 Å². The minimum atomic E-state index is 0.363. The average Bonchev–Trinajstić information content (AvgIpc) is 2.76. The molecule has 1 saturated heterocycles. The fourth-order valence-electron chi connectivity index (χ4n) is 2.27. The number of thioether (sulfide) groups is 2. The maximum absolute atomic E-state index is 4.53. The van der Waals surface area contributed by atoms with E-state index in [1.807, 2.05) is 12.4 Å². The molecule has 2 heterocycles. The van der Waals surface area contributed by atoms with Crippen molar-refractivity contribution in [3.63, 3.8) is 0 Å². The smallest absolute Gasteiger partial charge is 0.126 e. The molecule has 1 aromatic heterocycles. The molecule has 1 fully saturated rings. The van der Waals surface area contributed by atoms with Gasteiger partial charge in [0.1, 0.15) is 5.82 Å². The highest BCUT2D eigenvalue weighted by Crippen LogP contribution is 2.40. The van der Waals surface area contributed by atoms with Crippen molar-refractivity contribution >= 4 is 23.5 Å². The normalized spacial score (nSPS) is 30.3. The third kappa shape index (κ3) is 3.06. The van der Waals surface area contributed by atoms with Crippen LogP contribution in [-0.2, 0) is 7.05 Å². The minimum Gasteiger partial charge on any atom is -0.337 e. The Bertz CT molecular complexity index is 380. The molecule has 102 valence electrons. The van der Waals surface area contributed by atoms with Gasteiger partial charge >= 0.3 is 0 Å². The topological polar surface area (TPSA) is 29.9 Å². The van der Waals surface area contributed by atoms with E-state index in [-0.39, 0.29) is 0 Å². The molecule has 0 aromatic carbocycles. The van der Waals surface area contributed by atoms with Crippen LogP contribution in [0.1, 0.15) is 32.6 Å². The highest BCUT2D eigenvalue weighted by Gasteiger charge is 2.33. The van der Waals surface area contributed by atoms with Gasteiger partial charge in [-0.15, -0.1) is 0 Å². The molecule has 1 aliphatic rings. The van der Waals surface area contributed by atoms with Crippen LogP contribution in [0.5, 0.6) is 0 Å². The summed E-state index contributed by atoms with van der Waals surface area (Å²) in [6.45, 7) is 7.84. The number of aryl methyl sites for hydroxylation is 1. The Kier molecular flexibility index (Phi) is 5.04. The molecule has 1 aliphatic heterocycles. The molecule has 0 aliphatic carbocycles. The van der Waals surface area contributed by atoms with Crippen molar-refractivity contribution in [3.8, 4) is 0 Å². The molecule has 3 nitrogen and oxygen atoms in total. The molecule has 1 aromatic rings. The summed E-state index contributed by atoms with van der Waals surface area (Å²) in [5, 5.41) is 5.70. The van der Waals surface area contributed by atoms with Gasteiger partial charge in [-0.25, -0.2) is 4.98 Å². The van der Waals surface area contributed by atoms with Gasteiger partial charge in [0.05, 0.1) is 6.04 Å². The zero-order valence-electron chi connectivity index (χ0n) is 11.6. The van der Waals surface area contributed by atoms with Crippen LogP contribution < -0.4 is 5.32 Å². The number of imidazole rings is 1. The standard InChI is InChI=1S/C13H23N3S2/c1-5-14-12(13-15-6-7-16(13)4)11-8-17-9(2)10(3)18-11/h6-7,9-12,14H,5,8H2,1-4H3. The van der Waals surface area contributed by atoms with E-state index in [0.717, 1.165) is 22.9 Å². The van der Waals surface area contributed by atoms with E-state index in [0.29, 0.717) is 11.3 Å².